The number of aryl methyl sites for hydroxylation is 1. The van der Waals surface area contributed by atoms with Gasteiger partial charge < -0.3 is 9.25 Å². The van der Waals surface area contributed by atoms with E-state index in [1.165, 1.54) is 12.2 Å². The molecule has 1 aliphatic rings. The summed E-state index contributed by atoms with van der Waals surface area (Å²) in [5.74, 6) is 0.650. The van der Waals surface area contributed by atoms with Crippen LogP contribution in [-0.2, 0) is 20.9 Å². The fourth-order valence-corrected chi connectivity index (χ4v) is 2.58. The molecule has 116 valence electrons. The summed E-state index contributed by atoms with van der Waals surface area (Å²) in [6.07, 6.45) is 2.36. The molecule has 0 N–H and O–H groups in total. The number of hydroxylamine groups is 2. The largest absolute Gasteiger partial charge is 0.460 e. The monoisotopic (exact) mass is 302 g/mol. The van der Waals surface area contributed by atoms with Gasteiger partial charge in [0.25, 0.3) is 5.91 Å². The SMILES string of the molecule is CCc1oc2ccccc2c1/C=N/OC1CCN(OC)C1=O. The summed E-state index contributed by atoms with van der Waals surface area (Å²) < 4.78 is 5.78. The predicted octanol–water partition coefficient (Wildman–Crippen LogP) is 2.51. The predicted molar refractivity (Wildman–Crippen MR) is 81.4 cm³/mol. The number of hydrogen-bond donors (Lipinski definition) is 0. The number of para-hydroxylation sites is 1. The molecule has 3 rings (SSSR count). The summed E-state index contributed by atoms with van der Waals surface area (Å²) >= 11 is 0. The highest BCUT2D eigenvalue weighted by Gasteiger charge is 2.34. The number of furan rings is 1. The number of nitrogens with zero attached hydrogens (tertiary/aromatic N) is 2. The van der Waals surface area contributed by atoms with E-state index in [0.717, 1.165) is 28.7 Å². The van der Waals surface area contributed by atoms with Crippen molar-refractivity contribution >= 4 is 23.1 Å². The number of rotatable bonds is 5. The van der Waals surface area contributed by atoms with E-state index in [-0.39, 0.29) is 5.91 Å². The van der Waals surface area contributed by atoms with E-state index >= 15 is 0 Å². The number of benzene rings is 1. The first-order valence-electron chi connectivity index (χ1n) is 7.29. The Morgan fingerprint density at radius 3 is 3.00 bits per heavy atom. The second-order valence-corrected chi connectivity index (χ2v) is 5.03. The Balaban J connectivity index is 1.77. The van der Waals surface area contributed by atoms with E-state index in [9.17, 15) is 4.79 Å². The van der Waals surface area contributed by atoms with Crippen molar-refractivity contribution < 1.29 is 18.9 Å². The van der Waals surface area contributed by atoms with Gasteiger partial charge in [0.15, 0.2) is 0 Å². The van der Waals surface area contributed by atoms with Gasteiger partial charge in [-0.15, -0.1) is 0 Å². The maximum absolute atomic E-state index is 11.8. The van der Waals surface area contributed by atoms with Crippen LogP contribution in [0.1, 0.15) is 24.7 Å². The highest BCUT2D eigenvalue weighted by molar-refractivity contribution is 5.99. The zero-order valence-electron chi connectivity index (χ0n) is 12.6. The van der Waals surface area contributed by atoms with Crippen molar-refractivity contribution in [3.63, 3.8) is 0 Å². The Labute approximate surface area is 128 Å². The molecule has 1 amide bonds. The first kappa shape index (κ1) is 14.6. The number of fused-ring (bicyclic) bond motifs is 1. The standard InChI is InChI=1S/C16H18N2O4/c1-3-13-12(11-6-4-5-7-14(11)21-13)10-17-22-15-8-9-18(20-2)16(15)19/h4-7,10,15H,3,8-9H2,1-2H3/b17-10+. The average molecular weight is 302 g/mol. The van der Waals surface area contributed by atoms with Crippen molar-refractivity contribution in [2.45, 2.75) is 25.9 Å². The van der Waals surface area contributed by atoms with E-state index in [1.54, 1.807) is 6.21 Å². The molecule has 1 atom stereocenters. The smallest absolute Gasteiger partial charge is 0.290 e. The van der Waals surface area contributed by atoms with E-state index < -0.39 is 6.10 Å². The Morgan fingerprint density at radius 1 is 1.45 bits per heavy atom. The molecule has 1 aliphatic heterocycles. The molecule has 1 fully saturated rings. The van der Waals surface area contributed by atoms with Gasteiger partial charge in [0.2, 0.25) is 6.10 Å². The highest BCUT2D eigenvalue weighted by Crippen LogP contribution is 2.25. The molecule has 0 radical (unpaired) electrons. The fraction of sp³-hybridized carbons (Fsp3) is 0.375. The molecule has 0 saturated carbocycles. The van der Waals surface area contributed by atoms with Crippen molar-refractivity contribution in [2.75, 3.05) is 13.7 Å². The maximum atomic E-state index is 11.8. The molecule has 6 heteroatoms. The lowest BCUT2D eigenvalue weighted by molar-refractivity contribution is -0.173. The molecule has 6 nitrogen and oxygen atoms in total. The van der Waals surface area contributed by atoms with E-state index in [2.05, 4.69) is 5.16 Å². The Hall–Kier alpha value is -2.34. The van der Waals surface area contributed by atoms with Crippen molar-refractivity contribution in [3.05, 3.63) is 35.6 Å². The molecule has 2 heterocycles. The minimum Gasteiger partial charge on any atom is -0.460 e. The molecule has 0 bridgehead atoms. The quantitative estimate of drug-likeness (QED) is 0.629. The lowest BCUT2D eigenvalue weighted by atomic mass is 10.1. The van der Waals surface area contributed by atoms with Crippen LogP contribution in [-0.4, -0.2) is 36.9 Å². The van der Waals surface area contributed by atoms with Gasteiger partial charge in [-0.25, -0.2) is 5.06 Å². The number of hydrogen-bond acceptors (Lipinski definition) is 5. The fourth-order valence-electron chi connectivity index (χ4n) is 2.58. The second-order valence-electron chi connectivity index (χ2n) is 5.03. The highest BCUT2D eigenvalue weighted by atomic mass is 16.7. The van der Waals surface area contributed by atoms with Crippen LogP contribution in [0.25, 0.3) is 11.0 Å². The summed E-state index contributed by atoms with van der Waals surface area (Å²) in [5.41, 5.74) is 1.72. The minimum atomic E-state index is -0.584. The van der Waals surface area contributed by atoms with Crippen LogP contribution < -0.4 is 0 Å². The molecule has 1 saturated heterocycles. The maximum Gasteiger partial charge on any atom is 0.290 e. The first-order chi connectivity index (χ1) is 10.7. The number of carbonyl (C=O) groups excluding carboxylic acids is 1. The number of carbonyl (C=O) groups is 1. The van der Waals surface area contributed by atoms with Crippen LogP contribution in [0.15, 0.2) is 33.8 Å². The van der Waals surface area contributed by atoms with Crippen LogP contribution in [0.5, 0.6) is 0 Å². The molecule has 1 unspecified atom stereocenters. The summed E-state index contributed by atoms with van der Waals surface area (Å²) in [5, 5.41) is 6.26. The van der Waals surface area contributed by atoms with E-state index in [4.69, 9.17) is 14.1 Å². The van der Waals surface area contributed by atoms with E-state index in [1.807, 2.05) is 31.2 Å². The van der Waals surface area contributed by atoms with Gasteiger partial charge >= 0.3 is 0 Å². The average Bonchev–Trinajstić information content (AvgIpc) is 3.08. The topological polar surface area (TPSA) is 64.3 Å². The molecule has 2 aromatic rings. The van der Waals surface area contributed by atoms with Gasteiger partial charge in [-0.1, -0.05) is 30.3 Å². The Morgan fingerprint density at radius 2 is 2.27 bits per heavy atom. The molecular weight excluding hydrogens is 284 g/mol. The molecule has 0 aliphatic carbocycles. The summed E-state index contributed by atoms with van der Waals surface area (Å²) in [6.45, 7) is 2.54. The third-order valence-corrected chi connectivity index (χ3v) is 3.74. The lowest BCUT2D eigenvalue weighted by Gasteiger charge is -2.11. The molecule has 0 spiro atoms. The van der Waals surface area contributed by atoms with Crippen molar-refractivity contribution in [3.8, 4) is 0 Å². The third kappa shape index (κ3) is 2.57. The zero-order chi connectivity index (χ0) is 15.5. The summed E-state index contributed by atoms with van der Waals surface area (Å²) in [6, 6.07) is 7.78. The minimum absolute atomic E-state index is 0.201. The van der Waals surface area contributed by atoms with Gasteiger partial charge in [0, 0.05) is 23.8 Å². The summed E-state index contributed by atoms with van der Waals surface area (Å²) in [4.78, 5) is 22.1. The van der Waals surface area contributed by atoms with Crippen LogP contribution in [0.2, 0.25) is 0 Å². The number of amides is 1. The van der Waals surface area contributed by atoms with E-state index in [0.29, 0.717) is 13.0 Å². The van der Waals surface area contributed by atoms with Crippen molar-refractivity contribution in [1.29, 1.82) is 0 Å². The normalized spacial score (nSPS) is 18.7. The van der Waals surface area contributed by atoms with Gasteiger partial charge in [-0.2, -0.15) is 0 Å². The van der Waals surface area contributed by atoms with Gasteiger partial charge in [0.05, 0.1) is 19.9 Å². The third-order valence-electron chi connectivity index (χ3n) is 3.74. The molecule has 22 heavy (non-hydrogen) atoms. The lowest BCUT2D eigenvalue weighted by Crippen LogP contribution is -2.29. The van der Waals surface area contributed by atoms with Crippen LogP contribution in [0, 0.1) is 0 Å². The zero-order valence-corrected chi connectivity index (χ0v) is 12.6. The number of oxime groups is 1. The second kappa shape index (κ2) is 6.19. The van der Waals surface area contributed by atoms with Gasteiger partial charge in [-0.3, -0.25) is 9.63 Å². The van der Waals surface area contributed by atoms with Crippen LogP contribution >= 0.6 is 0 Å². The van der Waals surface area contributed by atoms with Gasteiger partial charge in [-0.05, 0) is 6.07 Å². The van der Waals surface area contributed by atoms with Crippen molar-refractivity contribution in [1.82, 2.24) is 5.06 Å². The molecule has 1 aromatic carbocycles. The Bertz CT molecular complexity index is 707. The van der Waals surface area contributed by atoms with Crippen molar-refractivity contribution in [2.24, 2.45) is 5.16 Å². The first-order valence-corrected chi connectivity index (χ1v) is 7.29. The molecular formula is C16H18N2O4. The molecule has 1 aromatic heterocycles. The van der Waals surface area contributed by atoms with Crippen LogP contribution in [0.3, 0.4) is 0 Å². The Kier molecular flexibility index (Phi) is 4.11. The summed E-state index contributed by atoms with van der Waals surface area (Å²) in [7, 11) is 1.47. The van der Waals surface area contributed by atoms with Gasteiger partial charge in [0.1, 0.15) is 11.3 Å². The van der Waals surface area contributed by atoms with Crippen LogP contribution in [0.4, 0.5) is 0 Å².